The van der Waals surface area contributed by atoms with Gasteiger partial charge in [-0.05, 0) is 25.1 Å². The molecule has 0 fully saturated rings. The Morgan fingerprint density at radius 3 is 2.44 bits per heavy atom. The molecule has 0 aliphatic heterocycles. The molecule has 0 unspecified atom stereocenters. The van der Waals surface area contributed by atoms with Crippen LogP contribution in [0.4, 0.5) is 5.69 Å². The summed E-state index contributed by atoms with van der Waals surface area (Å²) in [6, 6.07) is 7.34. The number of fused-ring (bicyclic) bond motifs is 1. The zero-order valence-electron chi connectivity index (χ0n) is 19.0. The minimum absolute atomic E-state index is 0.120. The fraction of sp³-hybridized carbons (Fsp3) is 0.318. The zero-order chi connectivity index (χ0) is 24.8. The quantitative estimate of drug-likeness (QED) is 0.194. The number of rotatable bonds is 9. The van der Waals surface area contributed by atoms with Gasteiger partial charge in [0.1, 0.15) is 5.56 Å². The van der Waals surface area contributed by atoms with Crippen LogP contribution in [0.2, 0.25) is 0 Å². The third-order valence-corrected chi connectivity index (χ3v) is 5.93. The summed E-state index contributed by atoms with van der Waals surface area (Å²) in [5.41, 5.74) is 0.375. The molecule has 0 aliphatic rings. The maximum atomic E-state index is 13.1. The summed E-state index contributed by atoms with van der Waals surface area (Å²) >= 11 is 1.17. The van der Waals surface area contributed by atoms with Crippen molar-refractivity contribution in [2.24, 2.45) is 4.99 Å². The zero-order valence-corrected chi connectivity index (χ0v) is 19.8. The minimum Gasteiger partial charge on any atom is -0.493 e. The van der Waals surface area contributed by atoms with Crippen molar-refractivity contribution in [2.45, 2.75) is 13.5 Å². The molecule has 0 radical (unpaired) electrons. The van der Waals surface area contributed by atoms with Crippen LogP contribution in [0.3, 0.4) is 0 Å². The second-order valence-corrected chi connectivity index (χ2v) is 7.81. The highest BCUT2D eigenvalue weighted by Crippen LogP contribution is 2.34. The summed E-state index contributed by atoms with van der Waals surface area (Å²) in [5, 5.41) is 11.6. The lowest BCUT2D eigenvalue weighted by molar-refractivity contribution is -0.385. The Kier molecular flexibility index (Phi) is 7.97. The number of aromatic nitrogens is 1. The first kappa shape index (κ1) is 24.9. The van der Waals surface area contributed by atoms with Crippen LogP contribution in [0, 0.1) is 10.1 Å². The molecule has 0 atom stereocenters. The highest BCUT2D eigenvalue weighted by molar-refractivity contribution is 7.16. The number of benzene rings is 2. The van der Waals surface area contributed by atoms with Gasteiger partial charge in [-0.15, -0.1) is 0 Å². The van der Waals surface area contributed by atoms with E-state index < -0.39 is 22.5 Å². The SMILES string of the molecule is CCOCCn1c(=NC(=O)c2cc(OC)c(OC)cc2[N+](=O)[O-])sc2cc(C(=O)OC)ccc21. The van der Waals surface area contributed by atoms with E-state index in [1.807, 2.05) is 6.92 Å². The number of hydrogen-bond acceptors (Lipinski definition) is 9. The second-order valence-electron chi connectivity index (χ2n) is 6.81. The Bertz CT molecular complexity index is 1310. The number of nitro groups is 1. The summed E-state index contributed by atoms with van der Waals surface area (Å²) in [6.07, 6.45) is 0. The maximum Gasteiger partial charge on any atom is 0.337 e. The van der Waals surface area contributed by atoms with E-state index in [1.54, 1.807) is 22.8 Å². The first-order valence-corrected chi connectivity index (χ1v) is 10.9. The molecule has 180 valence electrons. The van der Waals surface area contributed by atoms with E-state index in [0.29, 0.717) is 34.8 Å². The lowest BCUT2D eigenvalue weighted by Gasteiger charge is -2.09. The van der Waals surface area contributed by atoms with E-state index in [-0.39, 0.29) is 17.1 Å². The highest BCUT2D eigenvalue weighted by atomic mass is 32.1. The van der Waals surface area contributed by atoms with Gasteiger partial charge in [-0.25, -0.2) is 4.79 Å². The van der Waals surface area contributed by atoms with Crippen molar-refractivity contribution in [1.82, 2.24) is 4.57 Å². The largest absolute Gasteiger partial charge is 0.493 e. The van der Waals surface area contributed by atoms with Gasteiger partial charge in [0, 0.05) is 19.2 Å². The van der Waals surface area contributed by atoms with Crippen LogP contribution in [0.1, 0.15) is 27.6 Å². The molecule has 0 spiro atoms. The third-order valence-electron chi connectivity index (χ3n) is 4.89. The summed E-state index contributed by atoms with van der Waals surface area (Å²) in [5.74, 6) is -1.03. The molecule has 0 bridgehead atoms. The lowest BCUT2D eigenvalue weighted by atomic mass is 10.1. The van der Waals surface area contributed by atoms with Gasteiger partial charge < -0.3 is 23.5 Å². The smallest absolute Gasteiger partial charge is 0.337 e. The van der Waals surface area contributed by atoms with Gasteiger partial charge in [0.05, 0.1) is 54.7 Å². The van der Waals surface area contributed by atoms with E-state index in [1.165, 1.54) is 38.7 Å². The van der Waals surface area contributed by atoms with Crippen LogP contribution in [0.5, 0.6) is 11.5 Å². The van der Waals surface area contributed by atoms with Crippen LogP contribution in [0.25, 0.3) is 10.2 Å². The topological polar surface area (TPSA) is 131 Å². The monoisotopic (exact) mass is 489 g/mol. The number of thiazole rings is 1. The van der Waals surface area contributed by atoms with Crippen LogP contribution >= 0.6 is 11.3 Å². The molecular weight excluding hydrogens is 466 g/mol. The molecule has 1 amide bonds. The molecule has 3 aromatic rings. The average Bonchev–Trinajstić information content (AvgIpc) is 3.18. The number of ether oxygens (including phenoxy) is 4. The Hall–Kier alpha value is -3.77. The fourth-order valence-electron chi connectivity index (χ4n) is 3.26. The van der Waals surface area contributed by atoms with Crippen molar-refractivity contribution in [1.29, 1.82) is 0 Å². The molecule has 0 saturated carbocycles. The highest BCUT2D eigenvalue weighted by Gasteiger charge is 2.25. The second kappa shape index (κ2) is 10.9. The first-order valence-electron chi connectivity index (χ1n) is 10.1. The summed E-state index contributed by atoms with van der Waals surface area (Å²) in [4.78, 5) is 40.4. The summed E-state index contributed by atoms with van der Waals surface area (Å²) in [6.45, 7) is 3.12. The molecule has 3 rings (SSSR count). The maximum absolute atomic E-state index is 13.1. The standard InChI is InChI=1S/C22H23N3O8S/c1-5-33-9-8-24-15-7-6-13(21(27)32-4)10-19(15)34-22(24)23-20(26)14-11-17(30-2)18(31-3)12-16(14)25(28)29/h6-7,10-12H,5,8-9H2,1-4H3. The van der Waals surface area contributed by atoms with Gasteiger partial charge in [0.2, 0.25) is 0 Å². The molecule has 0 saturated heterocycles. The van der Waals surface area contributed by atoms with E-state index in [4.69, 9.17) is 18.9 Å². The van der Waals surface area contributed by atoms with Crippen molar-refractivity contribution in [3.05, 3.63) is 56.4 Å². The van der Waals surface area contributed by atoms with E-state index in [9.17, 15) is 19.7 Å². The van der Waals surface area contributed by atoms with Crippen LogP contribution < -0.4 is 14.3 Å². The number of methoxy groups -OCH3 is 3. The van der Waals surface area contributed by atoms with Gasteiger partial charge >= 0.3 is 5.97 Å². The van der Waals surface area contributed by atoms with E-state index >= 15 is 0 Å². The number of nitrogens with zero attached hydrogens (tertiary/aromatic N) is 3. The Morgan fingerprint density at radius 1 is 1.12 bits per heavy atom. The minimum atomic E-state index is -0.822. The van der Waals surface area contributed by atoms with Crippen LogP contribution in [-0.4, -0.2) is 55.9 Å². The Labute approximate surface area is 198 Å². The van der Waals surface area contributed by atoms with E-state index in [0.717, 1.165) is 11.6 Å². The van der Waals surface area contributed by atoms with E-state index in [2.05, 4.69) is 4.99 Å². The number of carbonyl (C=O) groups excluding carboxylic acids is 2. The molecule has 34 heavy (non-hydrogen) atoms. The van der Waals surface area contributed by atoms with Crippen molar-refractivity contribution in [3.63, 3.8) is 0 Å². The molecule has 11 nitrogen and oxygen atoms in total. The molecule has 0 aliphatic carbocycles. The number of carbonyl (C=O) groups is 2. The first-order chi connectivity index (χ1) is 16.3. The van der Waals surface area contributed by atoms with Crippen LogP contribution in [0.15, 0.2) is 35.3 Å². The molecule has 2 aromatic carbocycles. The number of nitro benzene ring substituents is 1. The predicted octanol–water partition coefficient (Wildman–Crippen LogP) is 3.19. The Balaban J connectivity index is 2.18. The van der Waals surface area contributed by atoms with Gasteiger partial charge in [0.25, 0.3) is 11.6 Å². The van der Waals surface area contributed by atoms with Crippen molar-refractivity contribution in [3.8, 4) is 11.5 Å². The van der Waals surface area contributed by atoms with Crippen molar-refractivity contribution < 1.29 is 33.5 Å². The average molecular weight is 490 g/mol. The molecule has 0 N–H and O–H groups in total. The van der Waals surface area contributed by atoms with Gasteiger partial charge in [0.15, 0.2) is 16.3 Å². The van der Waals surface area contributed by atoms with Gasteiger partial charge in [-0.1, -0.05) is 11.3 Å². The van der Waals surface area contributed by atoms with Gasteiger partial charge in [-0.2, -0.15) is 4.99 Å². The number of amides is 1. The van der Waals surface area contributed by atoms with Gasteiger partial charge in [-0.3, -0.25) is 14.9 Å². The lowest BCUT2D eigenvalue weighted by Crippen LogP contribution is -2.20. The van der Waals surface area contributed by atoms with Crippen molar-refractivity contribution >= 4 is 39.1 Å². The molecule has 12 heteroatoms. The summed E-state index contributed by atoms with van der Waals surface area (Å²) in [7, 11) is 3.99. The number of hydrogen-bond donors (Lipinski definition) is 0. The van der Waals surface area contributed by atoms with Crippen molar-refractivity contribution in [2.75, 3.05) is 34.5 Å². The number of esters is 1. The third kappa shape index (κ3) is 5.07. The predicted molar refractivity (Wildman–Crippen MR) is 124 cm³/mol. The fourth-order valence-corrected chi connectivity index (χ4v) is 4.35. The normalized spacial score (nSPS) is 11.5. The van der Waals surface area contributed by atoms with Crippen LogP contribution in [-0.2, 0) is 16.0 Å². The molecular formula is C22H23N3O8S. The molecule has 1 heterocycles. The summed E-state index contributed by atoms with van der Waals surface area (Å²) < 4.78 is 23.0. The Morgan fingerprint density at radius 2 is 1.82 bits per heavy atom. The molecule has 1 aromatic heterocycles.